The molecule has 0 unspecified atom stereocenters. The highest BCUT2D eigenvalue weighted by Crippen LogP contribution is 2.35. The number of nitro benzene ring substituents is 1. The average Bonchev–Trinajstić information content (AvgIpc) is 2.67. The van der Waals surface area contributed by atoms with E-state index in [1.54, 1.807) is 12.1 Å². The number of aliphatic carboxylic acids is 1. The Morgan fingerprint density at radius 3 is 2.43 bits per heavy atom. The molecular weight excluding hydrogens is 340 g/mol. The first-order valence-corrected chi connectivity index (χ1v) is 7.69. The number of carbonyl (C=O) groups is 1. The molecule has 2 N–H and O–H groups in total. The molecule has 1 aliphatic carbocycles. The van der Waals surface area contributed by atoms with E-state index in [4.69, 9.17) is 0 Å². The number of nitrogens with one attached hydrogen (secondary N) is 1. The smallest absolute Gasteiger partial charge is 0.329 e. The van der Waals surface area contributed by atoms with Crippen molar-refractivity contribution in [2.24, 2.45) is 0 Å². The maximum atomic E-state index is 11.7. The first-order valence-electron chi connectivity index (χ1n) is 6.90. The van der Waals surface area contributed by atoms with E-state index < -0.39 is 16.4 Å². The van der Waals surface area contributed by atoms with Crippen molar-refractivity contribution in [3.63, 3.8) is 0 Å². The average molecular weight is 357 g/mol. The van der Waals surface area contributed by atoms with Crippen molar-refractivity contribution in [3.05, 3.63) is 32.8 Å². The van der Waals surface area contributed by atoms with Crippen LogP contribution in [-0.4, -0.2) is 21.5 Å². The highest BCUT2D eigenvalue weighted by atomic mass is 79.9. The second-order valence-electron chi connectivity index (χ2n) is 5.35. The van der Waals surface area contributed by atoms with Gasteiger partial charge in [-0.15, -0.1) is 0 Å². The Morgan fingerprint density at radius 1 is 1.29 bits per heavy atom. The van der Waals surface area contributed by atoms with Crippen LogP contribution in [0.3, 0.4) is 0 Å². The molecule has 1 fully saturated rings. The Hall–Kier alpha value is -1.63. The Balaban J connectivity index is 2.37. The van der Waals surface area contributed by atoms with Gasteiger partial charge in [0.2, 0.25) is 0 Å². The molecule has 7 heteroatoms. The largest absolute Gasteiger partial charge is 0.480 e. The lowest BCUT2D eigenvalue weighted by atomic mass is 9.89. The molecule has 0 aliphatic heterocycles. The number of carboxylic acids is 1. The Labute approximate surface area is 130 Å². The van der Waals surface area contributed by atoms with E-state index in [0.717, 1.165) is 25.7 Å². The van der Waals surface area contributed by atoms with Crippen LogP contribution in [0.2, 0.25) is 0 Å². The van der Waals surface area contributed by atoms with Crippen molar-refractivity contribution < 1.29 is 14.8 Å². The van der Waals surface area contributed by atoms with Gasteiger partial charge in [0.25, 0.3) is 5.69 Å². The molecule has 6 nitrogen and oxygen atoms in total. The molecule has 0 bridgehead atoms. The summed E-state index contributed by atoms with van der Waals surface area (Å²) in [5, 5.41) is 23.7. The summed E-state index contributed by atoms with van der Waals surface area (Å²) in [5.74, 6) is -0.943. The minimum atomic E-state index is -1.12. The van der Waals surface area contributed by atoms with Crippen molar-refractivity contribution in [2.45, 2.75) is 44.1 Å². The third kappa shape index (κ3) is 3.53. The monoisotopic (exact) mass is 356 g/mol. The van der Waals surface area contributed by atoms with Gasteiger partial charge in [-0.2, -0.15) is 0 Å². The number of rotatable bonds is 4. The molecular formula is C14H17BrN2O4. The third-order valence-corrected chi connectivity index (χ3v) is 4.39. The fourth-order valence-electron chi connectivity index (χ4n) is 2.74. The standard InChI is InChI=1S/C14H17BrN2O4/c15-10-5-6-11(12(9-10)17(20)21)16-14(13(18)19)7-3-1-2-4-8-14/h5-6,9,16H,1-4,7-8H2,(H,18,19). The summed E-state index contributed by atoms with van der Waals surface area (Å²) in [6, 6.07) is 4.61. The second kappa shape index (κ2) is 6.43. The summed E-state index contributed by atoms with van der Waals surface area (Å²) in [4.78, 5) is 22.4. The molecule has 0 amide bonds. The number of hydrogen-bond donors (Lipinski definition) is 2. The summed E-state index contributed by atoms with van der Waals surface area (Å²) in [7, 11) is 0. The van der Waals surface area contributed by atoms with Gasteiger partial charge < -0.3 is 10.4 Å². The Morgan fingerprint density at radius 2 is 1.90 bits per heavy atom. The van der Waals surface area contributed by atoms with E-state index in [0.29, 0.717) is 17.3 Å². The Bertz CT molecular complexity index is 554. The molecule has 0 atom stereocenters. The number of anilines is 1. The summed E-state index contributed by atoms with van der Waals surface area (Å²) in [5.41, 5.74) is -0.975. The van der Waals surface area contributed by atoms with Crippen LogP contribution in [0.25, 0.3) is 0 Å². The molecule has 1 aromatic carbocycles. The summed E-state index contributed by atoms with van der Waals surface area (Å²) in [6.45, 7) is 0. The molecule has 0 saturated heterocycles. The normalized spacial score (nSPS) is 17.8. The number of nitrogens with zero attached hydrogens (tertiary/aromatic N) is 1. The fraction of sp³-hybridized carbons (Fsp3) is 0.500. The van der Waals surface area contributed by atoms with Crippen molar-refractivity contribution in [3.8, 4) is 0 Å². The minimum absolute atomic E-state index is 0.116. The number of nitro groups is 1. The molecule has 0 heterocycles. The maximum Gasteiger partial charge on any atom is 0.329 e. The molecule has 1 saturated carbocycles. The van der Waals surface area contributed by atoms with Gasteiger partial charge in [0.1, 0.15) is 11.2 Å². The molecule has 0 spiro atoms. The molecule has 0 radical (unpaired) electrons. The Kier molecular flexibility index (Phi) is 4.82. The molecule has 0 aromatic heterocycles. The molecule has 2 rings (SSSR count). The summed E-state index contributed by atoms with van der Waals surface area (Å²) >= 11 is 3.20. The van der Waals surface area contributed by atoms with Gasteiger partial charge >= 0.3 is 5.97 Å². The van der Waals surface area contributed by atoms with E-state index in [-0.39, 0.29) is 11.4 Å². The SMILES string of the molecule is O=C(O)C1(Nc2ccc(Br)cc2[N+](=O)[O-])CCCCCC1. The molecule has 1 aromatic rings. The van der Waals surface area contributed by atoms with Gasteiger partial charge in [-0.05, 0) is 25.0 Å². The van der Waals surface area contributed by atoms with E-state index in [2.05, 4.69) is 21.2 Å². The van der Waals surface area contributed by atoms with Crippen LogP contribution >= 0.6 is 15.9 Å². The highest BCUT2D eigenvalue weighted by Gasteiger charge is 2.39. The summed E-state index contributed by atoms with van der Waals surface area (Å²) in [6.07, 6.45) is 4.58. The molecule has 1 aliphatic rings. The van der Waals surface area contributed by atoms with Crippen LogP contribution in [0.4, 0.5) is 11.4 Å². The minimum Gasteiger partial charge on any atom is -0.480 e. The molecule has 114 valence electrons. The lowest BCUT2D eigenvalue weighted by Gasteiger charge is -2.30. The van der Waals surface area contributed by atoms with E-state index in [1.165, 1.54) is 6.07 Å². The number of hydrogen-bond acceptors (Lipinski definition) is 4. The fourth-order valence-corrected chi connectivity index (χ4v) is 3.09. The van der Waals surface area contributed by atoms with Gasteiger partial charge in [0.05, 0.1) is 4.92 Å². The predicted molar refractivity (Wildman–Crippen MR) is 82.5 cm³/mol. The number of halogens is 1. The zero-order chi connectivity index (χ0) is 15.5. The van der Waals surface area contributed by atoms with Gasteiger partial charge in [-0.3, -0.25) is 10.1 Å². The van der Waals surface area contributed by atoms with Crippen molar-refractivity contribution in [1.82, 2.24) is 0 Å². The second-order valence-corrected chi connectivity index (χ2v) is 6.26. The van der Waals surface area contributed by atoms with E-state index >= 15 is 0 Å². The zero-order valence-electron chi connectivity index (χ0n) is 11.5. The summed E-state index contributed by atoms with van der Waals surface area (Å²) < 4.78 is 0.588. The van der Waals surface area contributed by atoms with E-state index in [9.17, 15) is 20.0 Å². The van der Waals surface area contributed by atoms with Crippen LogP contribution in [-0.2, 0) is 4.79 Å². The first kappa shape index (κ1) is 15.8. The third-order valence-electron chi connectivity index (χ3n) is 3.90. The van der Waals surface area contributed by atoms with Crippen LogP contribution < -0.4 is 5.32 Å². The molecule has 21 heavy (non-hydrogen) atoms. The zero-order valence-corrected chi connectivity index (χ0v) is 13.1. The predicted octanol–water partition coefficient (Wildman–Crippen LogP) is 3.95. The van der Waals surface area contributed by atoms with Gasteiger partial charge in [0.15, 0.2) is 0 Å². The quantitative estimate of drug-likeness (QED) is 0.484. The van der Waals surface area contributed by atoms with Gasteiger partial charge in [-0.1, -0.05) is 41.6 Å². The van der Waals surface area contributed by atoms with Crippen molar-refractivity contribution in [1.29, 1.82) is 0 Å². The van der Waals surface area contributed by atoms with Gasteiger partial charge in [0, 0.05) is 10.5 Å². The maximum absolute atomic E-state index is 11.7. The first-order chi connectivity index (χ1) is 9.94. The topological polar surface area (TPSA) is 92.5 Å². The number of carboxylic acid groups (broad SMARTS) is 1. The van der Waals surface area contributed by atoms with Gasteiger partial charge in [-0.25, -0.2) is 4.79 Å². The van der Waals surface area contributed by atoms with Crippen LogP contribution in [0.1, 0.15) is 38.5 Å². The number of benzene rings is 1. The van der Waals surface area contributed by atoms with E-state index in [1.807, 2.05) is 0 Å². The lowest BCUT2D eigenvalue weighted by molar-refractivity contribution is -0.384. The van der Waals surface area contributed by atoms with Crippen molar-refractivity contribution >= 4 is 33.3 Å². The van der Waals surface area contributed by atoms with Crippen LogP contribution in [0, 0.1) is 10.1 Å². The highest BCUT2D eigenvalue weighted by molar-refractivity contribution is 9.10. The van der Waals surface area contributed by atoms with Crippen LogP contribution in [0.15, 0.2) is 22.7 Å². The van der Waals surface area contributed by atoms with Crippen LogP contribution in [0.5, 0.6) is 0 Å². The lowest BCUT2D eigenvalue weighted by Crippen LogP contribution is -2.46. The van der Waals surface area contributed by atoms with Crippen molar-refractivity contribution in [2.75, 3.05) is 5.32 Å².